The lowest BCUT2D eigenvalue weighted by atomic mass is 10.1. The average molecular weight is 492 g/mol. The summed E-state index contributed by atoms with van der Waals surface area (Å²) in [4.78, 5) is 17.1. The summed E-state index contributed by atoms with van der Waals surface area (Å²) >= 11 is 11.9. The molecule has 0 spiro atoms. The lowest BCUT2D eigenvalue weighted by Gasteiger charge is -2.22. The highest BCUT2D eigenvalue weighted by atomic mass is 35.5. The minimum absolute atomic E-state index is 0.0133. The van der Waals surface area contributed by atoms with Crippen molar-refractivity contribution in [1.29, 1.82) is 0 Å². The number of urea groups is 1. The van der Waals surface area contributed by atoms with E-state index in [-0.39, 0.29) is 11.8 Å². The van der Waals surface area contributed by atoms with Crippen molar-refractivity contribution in [1.82, 2.24) is 15.2 Å². The number of nitrogen functional groups attached to an aromatic ring is 2. The second kappa shape index (κ2) is 9.78. The lowest BCUT2D eigenvalue weighted by molar-refractivity contribution is 0.256. The summed E-state index contributed by atoms with van der Waals surface area (Å²) < 4.78 is 0. The molecule has 0 saturated heterocycles. The molecule has 1 aliphatic heterocycles. The minimum atomic E-state index is -0.474. The van der Waals surface area contributed by atoms with Gasteiger partial charge in [0.2, 0.25) is 5.95 Å². The first-order chi connectivity index (χ1) is 16.4. The summed E-state index contributed by atoms with van der Waals surface area (Å²) in [6.45, 7) is 0. The smallest absolute Gasteiger partial charge is 0.323 e. The van der Waals surface area contributed by atoms with Crippen molar-refractivity contribution in [3.63, 3.8) is 0 Å². The van der Waals surface area contributed by atoms with Gasteiger partial charge in [-0.25, -0.2) is 4.79 Å². The summed E-state index contributed by atoms with van der Waals surface area (Å²) in [5.74, 6) is 0.177. The maximum absolute atomic E-state index is 11.8. The third-order valence-electron chi connectivity index (χ3n) is 4.95. The lowest BCUT2D eigenvalue weighted by Crippen LogP contribution is -2.32. The average Bonchev–Trinajstić information content (AvgIpc) is 2.99. The standard InChI is InChI=1S/C15H12N2O.C9H7Cl2N5/c16-15(18)17-13-7-3-1-5-11(13)9-10-12-6-2-4-8-14(12)17;10-5-3-1-2-4(6(5)11)7-8(12)14-9(13)16-15-7/h1-10H,(H2,16,18);1-3H,(H4,12,13,14,16). The first-order valence-electron chi connectivity index (χ1n) is 10.0. The van der Waals surface area contributed by atoms with Gasteiger partial charge in [0.05, 0.1) is 21.4 Å². The van der Waals surface area contributed by atoms with E-state index in [4.69, 9.17) is 40.4 Å². The van der Waals surface area contributed by atoms with Crippen LogP contribution in [0.2, 0.25) is 10.0 Å². The van der Waals surface area contributed by atoms with E-state index in [9.17, 15) is 4.79 Å². The quantitative estimate of drug-likeness (QED) is 0.326. The number of nitrogens with zero attached hydrogens (tertiary/aromatic N) is 4. The van der Waals surface area contributed by atoms with Crippen molar-refractivity contribution < 1.29 is 4.79 Å². The number of nitrogens with two attached hydrogens (primary N) is 3. The number of para-hydroxylation sites is 2. The molecule has 0 fully saturated rings. The van der Waals surface area contributed by atoms with Crippen LogP contribution in [0.5, 0.6) is 0 Å². The van der Waals surface area contributed by atoms with Gasteiger partial charge < -0.3 is 17.2 Å². The Labute approximate surface area is 205 Å². The molecule has 1 aliphatic rings. The van der Waals surface area contributed by atoms with Gasteiger partial charge in [0, 0.05) is 5.56 Å². The van der Waals surface area contributed by atoms with Crippen molar-refractivity contribution in [2.45, 2.75) is 0 Å². The monoisotopic (exact) mass is 491 g/mol. The van der Waals surface area contributed by atoms with Crippen molar-refractivity contribution in [2.75, 3.05) is 16.4 Å². The molecule has 2 heterocycles. The molecule has 3 aromatic carbocycles. The van der Waals surface area contributed by atoms with Crippen LogP contribution in [0, 0.1) is 0 Å². The van der Waals surface area contributed by atoms with E-state index >= 15 is 0 Å². The molecule has 5 rings (SSSR count). The van der Waals surface area contributed by atoms with E-state index in [2.05, 4.69) is 15.2 Å². The van der Waals surface area contributed by atoms with Gasteiger partial charge in [-0.3, -0.25) is 4.90 Å². The van der Waals surface area contributed by atoms with Gasteiger partial charge in [0.25, 0.3) is 0 Å². The van der Waals surface area contributed by atoms with Crippen LogP contribution in [-0.4, -0.2) is 21.2 Å². The number of hydrogen-bond donors (Lipinski definition) is 3. The van der Waals surface area contributed by atoms with Crippen molar-refractivity contribution in [3.05, 3.63) is 87.9 Å². The van der Waals surface area contributed by atoms with Crippen molar-refractivity contribution in [3.8, 4) is 11.3 Å². The second-order valence-electron chi connectivity index (χ2n) is 7.13. The summed E-state index contributed by atoms with van der Waals surface area (Å²) in [6, 6.07) is 20.1. The number of hydrogen-bond acceptors (Lipinski definition) is 6. The Hall–Kier alpha value is -4.14. The summed E-state index contributed by atoms with van der Waals surface area (Å²) in [6.07, 6.45) is 3.99. The summed E-state index contributed by atoms with van der Waals surface area (Å²) in [5, 5.41) is 8.24. The topological polar surface area (TPSA) is 137 Å². The van der Waals surface area contributed by atoms with E-state index in [1.807, 2.05) is 60.7 Å². The first-order valence-corrected chi connectivity index (χ1v) is 10.8. The van der Waals surface area contributed by atoms with Crippen LogP contribution >= 0.6 is 23.2 Å². The van der Waals surface area contributed by atoms with Crippen molar-refractivity contribution >= 4 is 64.5 Å². The second-order valence-corrected chi connectivity index (χ2v) is 7.92. The van der Waals surface area contributed by atoms with Crippen LogP contribution in [0.15, 0.2) is 66.7 Å². The van der Waals surface area contributed by atoms with Crippen LogP contribution < -0.4 is 22.1 Å². The van der Waals surface area contributed by atoms with E-state index in [0.717, 1.165) is 22.5 Å². The Morgan fingerprint density at radius 3 is 1.94 bits per heavy atom. The van der Waals surface area contributed by atoms with Gasteiger partial charge >= 0.3 is 6.03 Å². The number of amides is 2. The molecule has 0 unspecified atom stereocenters. The maximum atomic E-state index is 11.8. The number of primary amides is 1. The fourth-order valence-corrected chi connectivity index (χ4v) is 3.83. The SMILES string of the molecule is NC(=O)N1c2ccccc2C=Cc2ccccc21.Nc1nnc(-c2cccc(Cl)c2Cl)c(N)n1. The summed E-state index contributed by atoms with van der Waals surface area (Å²) in [5.41, 5.74) is 21.1. The molecule has 0 aliphatic carbocycles. The molecule has 6 N–H and O–H groups in total. The third-order valence-corrected chi connectivity index (χ3v) is 5.77. The molecular formula is C24H19Cl2N7O. The van der Waals surface area contributed by atoms with Crippen molar-refractivity contribution in [2.24, 2.45) is 5.73 Å². The summed E-state index contributed by atoms with van der Waals surface area (Å²) in [7, 11) is 0. The predicted octanol–water partition coefficient (Wildman–Crippen LogP) is 5.40. The zero-order valence-electron chi connectivity index (χ0n) is 17.7. The van der Waals surface area contributed by atoms with Gasteiger partial charge in [-0.05, 0) is 29.3 Å². The fourth-order valence-electron chi connectivity index (χ4n) is 3.44. The number of benzene rings is 3. The zero-order chi connectivity index (χ0) is 24.2. The number of rotatable bonds is 1. The molecule has 170 valence electrons. The Balaban J connectivity index is 0.000000162. The Morgan fingerprint density at radius 2 is 1.38 bits per heavy atom. The van der Waals surface area contributed by atoms with E-state index in [1.165, 1.54) is 0 Å². The number of fused-ring (bicyclic) bond motifs is 2. The molecule has 8 nitrogen and oxygen atoms in total. The molecule has 2 amide bonds. The number of carbonyl (C=O) groups excluding carboxylic acids is 1. The Kier molecular flexibility index (Phi) is 6.62. The molecule has 0 bridgehead atoms. The van der Waals surface area contributed by atoms with Gasteiger partial charge in [0.1, 0.15) is 5.69 Å². The molecule has 0 atom stereocenters. The first kappa shape index (κ1) is 23.0. The van der Waals surface area contributed by atoms with E-state index in [0.29, 0.717) is 21.3 Å². The predicted molar refractivity (Wildman–Crippen MR) is 138 cm³/mol. The van der Waals surface area contributed by atoms with E-state index in [1.54, 1.807) is 23.1 Å². The molecule has 1 aromatic heterocycles. The molecule has 4 aromatic rings. The van der Waals surface area contributed by atoms with Gasteiger partial charge in [0.15, 0.2) is 5.82 Å². The third kappa shape index (κ3) is 4.63. The maximum Gasteiger partial charge on any atom is 0.323 e. The molecule has 0 radical (unpaired) electrons. The highest BCUT2D eigenvalue weighted by molar-refractivity contribution is 6.43. The van der Waals surface area contributed by atoms with Crippen LogP contribution in [-0.2, 0) is 0 Å². The Bertz CT molecular complexity index is 1360. The van der Waals surface area contributed by atoms with Gasteiger partial charge in [-0.1, -0.05) is 83.9 Å². The zero-order valence-corrected chi connectivity index (χ0v) is 19.2. The molecule has 0 saturated carbocycles. The highest BCUT2D eigenvalue weighted by Gasteiger charge is 2.21. The molecular weight excluding hydrogens is 473 g/mol. The van der Waals surface area contributed by atoms with Gasteiger partial charge in [-0.2, -0.15) is 4.98 Å². The van der Waals surface area contributed by atoms with Crippen LogP contribution in [0.3, 0.4) is 0 Å². The normalized spacial score (nSPS) is 11.5. The number of carbonyl (C=O) groups is 1. The number of anilines is 4. The molecule has 34 heavy (non-hydrogen) atoms. The minimum Gasteiger partial charge on any atom is -0.382 e. The van der Waals surface area contributed by atoms with Crippen LogP contribution in [0.4, 0.5) is 27.9 Å². The van der Waals surface area contributed by atoms with E-state index < -0.39 is 6.03 Å². The molecule has 10 heteroatoms. The van der Waals surface area contributed by atoms with Crippen LogP contribution in [0.1, 0.15) is 11.1 Å². The largest absolute Gasteiger partial charge is 0.382 e. The Morgan fingerprint density at radius 1 is 0.794 bits per heavy atom. The highest BCUT2D eigenvalue weighted by Crippen LogP contribution is 2.36. The number of halogens is 2. The van der Waals surface area contributed by atoms with Gasteiger partial charge in [-0.15, -0.1) is 10.2 Å². The fraction of sp³-hybridized carbons (Fsp3) is 0. The number of aromatic nitrogens is 3. The van der Waals surface area contributed by atoms with Crippen LogP contribution in [0.25, 0.3) is 23.4 Å².